The van der Waals surface area contributed by atoms with Gasteiger partial charge >= 0.3 is 0 Å². The van der Waals surface area contributed by atoms with Crippen molar-refractivity contribution in [2.45, 2.75) is 46.5 Å². The molecular weight excluding hydrogens is 148 g/mol. The van der Waals surface area contributed by atoms with E-state index in [0.717, 1.165) is 12.8 Å². The number of rotatable bonds is 6. The molecular formula is C11H20O. The Hall–Kier alpha value is -0.590. The Morgan fingerprint density at radius 3 is 2.50 bits per heavy atom. The third-order valence-corrected chi connectivity index (χ3v) is 2.13. The Morgan fingerprint density at radius 2 is 2.08 bits per heavy atom. The van der Waals surface area contributed by atoms with Crippen LogP contribution in [0.1, 0.15) is 46.5 Å². The van der Waals surface area contributed by atoms with Crippen LogP contribution >= 0.6 is 0 Å². The molecule has 0 aromatic heterocycles. The number of carbonyl (C=O) groups is 1. The molecule has 0 aromatic carbocycles. The highest BCUT2D eigenvalue weighted by Gasteiger charge is 2.11. The van der Waals surface area contributed by atoms with Gasteiger partial charge in [0.15, 0.2) is 5.78 Å². The lowest BCUT2D eigenvalue weighted by Gasteiger charge is -2.09. The zero-order valence-corrected chi connectivity index (χ0v) is 8.47. The molecule has 0 rings (SSSR count). The molecule has 0 radical (unpaired) electrons. The predicted molar refractivity (Wildman–Crippen MR) is 53.1 cm³/mol. The highest BCUT2D eigenvalue weighted by molar-refractivity contribution is 5.91. The zero-order chi connectivity index (χ0) is 9.40. The van der Waals surface area contributed by atoms with E-state index in [1.807, 2.05) is 13.0 Å². The number of unbranched alkanes of at least 4 members (excludes halogenated alkanes) is 1. The van der Waals surface area contributed by atoms with Crippen LogP contribution in [0.3, 0.4) is 0 Å². The van der Waals surface area contributed by atoms with Crippen LogP contribution in [-0.4, -0.2) is 5.78 Å². The molecule has 0 fully saturated rings. The average Bonchev–Trinajstić information content (AvgIpc) is 2.06. The maximum atomic E-state index is 11.4. The lowest BCUT2D eigenvalue weighted by atomic mass is 9.94. The predicted octanol–water partition coefficient (Wildman–Crippen LogP) is 3.35. The molecule has 0 N–H and O–H groups in total. The molecule has 0 aliphatic heterocycles. The van der Waals surface area contributed by atoms with Crippen molar-refractivity contribution >= 4 is 5.78 Å². The Bertz CT molecular complexity index is 147. The molecule has 1 atom stereocenters. The van der Waals surface area contributed by atoms with Crippen molar-refractivity contribution in [1.82, 2.24) is 0 Å². The van der Waals surface area contributed by atoms with Gasteiger partial charge < -0.3 is 0 Å². The summed E-state index contributed by atoms with van der Waals surface area (Å²) in [6, 6.07) is 0. The Balaban J connectivity index is 3.87. The van der Waals surface area contributed by atoms with Crippen molar-refractivity contribution in [3.05, 3.63) is 12.2 Å². The number of hydrogen-bond acceptors (Lipinski definition) is 1. The highest BCUT2D eigenvalue weighted by atomic mass is 16.1. The van der Waals surface area contributed by atoms with Gasteiger partial charge in [-0.25, -0.2) is 0 Å². The maximum Gasteiger partial charge on any atom is 0.158 e. The average molecular weight is 168 g/mol. The third-order valence-electron chi connectivity index (χ3n) is 2.13. The number of allylic oxidation sites excluding steroid dienone is 2. The van der Waals surface area contributed by atoms with Gasteiger partial charge in [0.2, 0.25) is 0 Å². The fourth-order valence-corrected chi connectivity index (χ4v) is 1.30. The number of carbonyl (C=O) groups excluding carboxylic acids is 1. The van der Waals surface area contributed by atoms with E-state index in [2.05, 4.69) is 13.8 Å². The van der Waals surface area contributed by atoms with Gasteiger partial charge in [-0.15, -0.1) is 0 Å². The van der Waals surface area contributed by atoms with Crippen molar-refractivity contribution < 1.29 is 4.79 Å². The normalized spacial score (nSPS) is 13.6. The molecule has 0 amide bonds. The topological polar surface area (TPSA) is 17.1 Å². The lowest BCUT2D eigenvalue weighted by Crippen LogP contribution is -2.10. The van der Waals surface area contributed by atoms with E-state index in [-0.39, 0.29) is 5.92 Å². The Morgan fingerprint density at radius 1 is 1.42 bits per heavy atom. The van der Waals surface area contributed by atoms with Crippen molar-refractivity contribution in [1.29, 1.82) is 0 Å². The van der Waals surface area contributed by atoms with Crippen LogP contribution in [0.15, 0.2) is 12.2 Å². The SMILES string of the molecule is C/C=C/C(=O)C(CC)CCCC. The van der Waals surface area contributed by atoms with Gasteiger partial charge in [0.05, 0.1) is 0 Å². The quantitative estimate of drug-likeness (QED) is 0.556. The van der Waals surface area contributed by atoms with E-state index in [9.17, 15) is 4.79 Å². The van der Waals surface area contributed by atoms with Crippen LogP contribution in [0.25, 0.3) is 0 Å². The van der Waals surface area contributed by atoms with Crippen LogP contribution in [-0.2, 0) is 4.79 Å². The third kappa shape index (κ3) is 4.32. The molecule has 1 nitrogen and oxygen atoms in total. The van der Waals surface area contributed by atoms with E-state index in [0.29, 0.717) is 5.78 Å². The van der Waals surface area contributed by atoms with Crippen LogP contribution in [0.4, 0.5) is 0 Å². The summed E-state index contributed by atoms with van der Waals surface area (Å²) < 4.78 is 0. The van der Waals surface area contributed by atoms with Gasteiger partial charge in [-0.05, 0) is 25.8 Å². The van der Waals surface area contributed by atoms with E-state index < -0.39 is 0 Å². The summed E-state index contributed by atoms with van der Waals surface area (Å²) in [7, 11) is 0. The summed E-state index contributed by atoms with van der Waals surface area (Å²) in [4.78, 5) is 11.4. The maximum absolute atomic E-state index is 11.4. The first kappa shape index (κ1) is 11.4. The molecule has 0 saturated carbocycles. The minimum atomic E-state index is 0.265. The minimum absolute atomic E-state index is 0.265. The van der Waals surface area contributed by atoms with E-state index >= 15 is 0 Å². The van der Waals surface area contributed by atoms with E-state index in [4.69, 9.17) is 0 Å². The molecule has 1 unspecified atom stereocenters. The summed E-state index contributed by atoms with van der Waals surface area (Å²) >= 11 is 0. The summed E-state index contributed by atoms with van der Waals surface area (Å²) in [5.41, 5.74) is 0. The number of ketones is 1. The molecule has 12 heavy (non-hydrogen) atoms. The van der Waals surface area contributed by atoms with Crippen LogP contribution in [0.5, 0.6) is 0 Å². The summed E-state index contributed by atoms with van der Waals surface area (Å²) in [5.74, 6) is 0.564. The first-order valence-electron chi connectivity index (χ1n) is 4.92. The van der Waals surface area contributed by atoms with Gasteiger partial charge in [0.1, 0.15) is 0 Å². The first-order chi connectivity index (χ1) is 5.76. The Kier molecular flexibility index (Phi) is 6.73. The summed E-state index contributed by atoms with van der Waals surface area (Å²) in [5, 5.41) is 0. The highest BCUT2D eigenvalue weighted by Crippen LogP contribution is 2.13. The monoisotopic (exact) mass is 168 g/mol. The summed E-state index contributed by atoms with van der Waals surface area (Å²) in [6.45, 7) is 6.14. The molecule has 1 heteroatoms. The Labute approximate surface area is 75.9 Å². The largest absolute Gasteiger partial charge is 0.295 e. The molecule has 0 saturated heterocycles. The van der Waals surface area contributed by atoms with Crippen molar-refractivity contribution in [3.8, 4) is 0 Å². The number of hydrogen-bond donors (Lipinski definition) is 0. The van der Waals surface area contributed by atoms with Crippen LogP contribution < -0.4 is 0 Å². The zero-order valence-electron chi connectivity index (χ0n) is 8.47. The fraction of sp³-hybridized carbons (Fsp3) is 0.727. The van der Waals surface area contributed by atoms with Crippen molar-refractivity contribution in [2.75, 3.05) is 0 Å². The molecule has 0 aliphatic carbocycles. The lowest BCUT2D eigenvalue weighted by molar-refractivity contribution is -0.118. The molecule has 70 valence electrons. The van der Waals surface area contributed by atoms with E-state index in [1.165, 1.54) is 12.8 Å². The minimum Gasteiger partial charge on any atom is -0.295 e. The van der Waals surface area contributed by atoms with Crippen LogP contribution in [0.2, 0.25) is 0 Å². The summed E-state index contributed by atoms with van der Waals surface area (Å²) in [6.07, 6.45) is 7.90. The second-order valence-corrected chi connectivity index (χ2v) is 3.15. The second kappa shape index (κ2) is 7.08. The van der Waals surface area contributed by atoms with Crippen LogP contribution in [0, 0.1) is 5.92 Å². The molecule has 0 aliphatic rings. The van der Waals surface area contributed by atoms with Crippen molar-refractivity contribution in [3.63, 3.8) is 0 Å². The molecule has 0 bridgehead atoms. The first-order valence-corrected chi connectivity index (χ1v) is 4.92. The van der Waals surface area contributed by atoms with Gasteiger partial charge in [-0.2, -0.15) is 0 Å². The van der Waals surface area contributed by atoms with Gasteiger partial charge in [-0.3, -0.25) is 4.79 Å². The van der Waals surface area contributed by atoms with Crippen molar-refractivity contribution in [2.24, 2.45) is 5.92 Å². The molecule has 0 heterocycles. The van der Waals surface area contributed by atoms with Gasteiger partial charge in [0.25, 0.3) is 0 Å². The standard InChI is InChI=1S/C11H20O/c1-4-7-9-10(6-3)11(12)8-5-2/h5,8,10H,4,6-7,9H2,1-3H3/b8-5+. The smallest absolute Gasteiger partial charge is 0.158 e. The van der Waals surface area contributed by atoms with E-state index in [1.54, 1.807) is 6.08 Å². The molecule has 0 spiro atoms. The second-order valence-electron chi connectivity index (χ2n) is 3.15. The fourth-order valence-electron chi connectivity index (χ4n) is 1.30. The molecule has 0 aromatic rings. The van der Waals surface area contributed by atoms with Gasteiger partial charge in [0, 0.05) is 5.92 Å². The van der Waals surface area contributed by atoms with Gasteiger partial charge in [-0.1, -0.05) is 32.8 Å².